The van der Waals surface area contributed by atoms with Crippen molar-refractivity contribution in [2.24, 2.45) is 28.9 Å². The van der Waals surface area contributed by atoms with Gasteiger partial charge < -0.3 is 35.1 Å². The molecule has 2 fully saturated rings. The quantitative estimate of drug-likeness (QED) is 0.157. The van der Waals surface area contributed by atoms with E-state index < -0.39 is 41.3 Å². The highest BCUT2D eigenvalue weighted by molar-refractivity contribution is 5.96. The molecule has 7 rings (SSSR count). The Balaban J connectivity index is 1.35. The van der Waals surface area contributed by atoms with Gasteiger partial charge in [-0.3, -0.25) is 29.2 Å². The van der Waals surface area contributed by atoms with Gasteiger partial charge in [0.1, 0.15) is 23.9 Å². The number of aromatic hydroxyl groups is 1. The highest BCUT2D eigenvalue weighted by Crippen LogP contribution is 2.42. The molecule has 332 valence electrons. The highest BCUT2D eigenvalue weighted by Gasteiger charge is 2.52. The summed E-state index contributed by atoms with van der Waals surface area (Å²) in [6, 6.07) is 12.4. The summed E-state index contributed by atoms with van der Waals surface area (Å²) >= 11 is 0. The summed E-state index contributed by atoms with van der Waals surface area (Å²) in [6.07, 6.45) is 3.06. The van der Waals surface area contributed by atoms with Crippen molar-refractivity contribution in [3.8, 4) is 28.1 Å². The van der Waals surface area contributed by atoms with E-state index in [0.29, 0.717) is 37.9 Å². The Labute approximate surface area is 364 Å². The number of carbonyl (C=O) groups is 4. The smallest absolute Gasteiger partial charge is 0.324 e. The second kappa shape index (κ2) is 17.8. The van der Waals surface area contributed by atoms with Crippen molar-refractivity contribution in [2.45, 2.75) is 111 Å². The SMILES string of the molecule is CCn1c(-c2cccnc2[C@H](C)OC)c2c3cc(ccc31)-c1cc(O)cc(c1)C[C@H](NC(=O)[C@H](C(C)C)N(C)C(=O)[C@H]1[C@@H](C)[C@H]1N)C(=O)N1CCC[C@H](N1)C(=O)OCC(C)(C)C2. The van der Waals surface area contributed by atoms with Gasteiger partial charge in [-0.15, -0.1) is 0 Å². The molecule has 2 aliphatic heterocycles. The van der Waals surface area contributed by atoms with Gasteiger partial charge in [0.05, 0.1) is 30.0 Å². The number of cyclic esters (lactones) is 1. The van der Waals surface area contributed by atoms with Crippen molar-refractivity contribution in [2.75, 3.05) is 27.3 Å². The minimum Gasteiger partial charge on any atom is -0.508 e. The molecule has 5 N–H and O–H groups in total. The molecule has 4 aromatic rings. The maximum absolute atomic E-state index is 14.6. The van der Waals surface area contributed by atoms with Crippen molar-refractivity contribution in [3.05, 3.63) is 71.5 Å². The molecule has 62 heavy (non-hydrogen) atoms. The number of hydrogen-bond donors (Lipinski definition) is 4. The number of hydrazine groups is 1. The van der Waals surface area contributed by atoms with Crippen LogP contribution >= 0.6 is 0 Å². The number of carbonyl (C=O) groups excluding carboxylic acids is 4. The Kier molecular flexibility index (Phi) is 12.9. The molecule has 6 bridgehead atoms. The third-order valence-electron chi connectivity index (χ3n) is 13.1. The van der Waals surface area contributed by atoms with E-state index in [9.17, 15) is 24.3 Å². The zero-order chi connectivity index (χ0) is 44.8. The van der Waals surface area contributed by atoms with Gasteiger partial charge in [-0.05, 0) is 104 Å². The van der Waals surface area contributed by atoms with Crippen LogP contribution < -0.4 is 16.5 Å². The van der Waals surface area contributed by atoms with Crippen LogP contribution in [0.25, 0.3) is 33.3 Å². The first-order valence-electron chi connectivity index (χ1n) is 22.0. The van der Waals surface area contributed by atoms with Gasteiger partial charge in [0.25, 0.3) is 5.91 Å². The Morgan fingerprint density at radius 1 is 1.13 bits per heavy atom. The molecular formula is C48H63N7O7. The molecule has 0 spiro atoms. The summed E-state index contributed by atoms with van der Waals surface area (Å²) in [5.74, 6) is -2.25. The molecule has 14 nitrogen and oxygen atoms in total. The Morgan fingerprint density at radius 3 is 2.55 bits per heavy atom. The topological polar surface area (TPSA) is 181 Å². The van der Waals surface area contributed by atoms with Crippen molar-refractivity contribution in [1.29, 1.82) is 0 Å². The lowest BCUT2D eigenvalue weighted by Crippen LogP contribution is -2.62. The molecule has 1 saturated heterocycles. The van der Waals surface area contributed by atoms with Gasteiger partial charge in [0, 0.05) is 67.8 Å². The first-order valence-corrected chi connectivity index (χ1v) is 22.0. The maximum atomic E-state index is 14.6. The summed E-state index contributed by atoms with van der Waals surface area (Å²) < 4.78 is 14.2. The van der Waals surface area contributed by atoms with Gasteiger partial charge in [0.15, 0.2) is 0 Å². The number of nitrogens with two attached hydrogens (primary N) is 1. The second-order valence-corrected chi connectivity index (χ2v) is 18.6. The van der Waals surface area contributed by atoms with E-state index in [1.54, 1.807) is 32.5 Å². The van der Waals surface area contributed by atoms with E-state index in [1.165, 1.54) is 9.91 Å². The normalized spacial score (nSPS) is 23.7. The molecular weight excluding hydrogens is 787 g/mol. The lowest BCUT2D eigenvalue weighted by Gasteiger charge is -2.37. The van der Waals surface area contributed by atoms with E-state index in [0.717, 1.165) is 44.5 Å². The Morgan fingerprint density at radius 2 is 1.87 bits per heavy atom. The van der Waals surface area contributed by atoms with E-state index in [1.807, 2.05) is 45.9 Å². The van der Waals surface area contributed by atoms with Crippen LogP contribution in [0.5, 0.6) is 5.75 Å². The Hall–Kier alpha value is -5.31. The third-order valence-corrected chi connectivity index (χ3v) is 13.1. The minimum atomic E-state index is -1.12. The second-order valence-electron chi connectivity index (χ2n) is 18.6. The molecule has 0 unspecified atom stereocenters. The molecule has 3 aliphatic rings. The molecule has 2 aromatic heterocycles. The zero-order valence-corrected chi connectivity index (χ0v) is 37.5. The number of fused-ring (bicyclic) bond motifs is 6. The van der Waals surface area contributed by atoms with Crippen LogP contribution in [0.3, 0.4) is 0 Å². The molecule has 2 aromatic carbocycles. The number of likely N-dealkylation sites (N-methyl/N-ethyl adjacent to an activating group) is 1. The lowest BCUT2D eigenvalue weighted by atomic mass is 9.84. The number of phenols is 1. The van der Waals surface area contributed by atoms with Gasteiger partial charge >= 0.3 is 5.97 Å². The third kappa shape index (κ3) is 8.82. The standard InChI is InChI=1S/C48H63N7O7/c1-10-54-38-16-15-30-23-34(38)35(43(54)33-13-11-17-50-41(33)28(5)61-9)24-48(6,7)25-62-47(60)36-14-12-18-55(52-36)45(58)37(21-29-19-31(30)22-32(56)20-29)51-44(57)42(26(2)3)53(8)46(59)39-27(4)40(39)49/h11,13,15-17,19-20,22-23,26-28,36-37,39-40,42,52,56H,10,12,14,18,21,24-25,49H2,1-9H3,(H,51,57)/t27-,28+,36+,37+,39+,40-,42+/m1/s1. The average Bonchev–Trinajstić information content (AvgIpc) is 3.73. The molecule has 14 heteroatoms. The van der Waals surface area contributed by atoms with Gasteiger partial charge in [0.2, 0.25) is 11.8 Å². The van der Waals surface area contributed by atoms with Crippen LogP contribution in [0.4, 0.5) is 0 Å². The fraction of sp³-hybridized carbons (Fsp3) is 0.521. The molecule has 3 amide bonds. The van der Waals surface area contributed by atoms with E-state index in [4.69, 9.17) is 20.2 Å². The number of pyridine rings is 1. The molecule has 4 heterocycles. The van der Waals surface area contributed by atoms with Crippen LogP contribution in [-0.4, -0.2) is 99.7 Å². The zero-order valence-electron chi connectivity index (χ0n) is 37.5. The summed E-state index contributed by atoms with van der Waals surface area (Å²) in [7, 11) is 3.28. The van der Waals surface area contributed by atoms with Gasteiger partial charge in [-0.2, -0.15) is 0 Å². The first-order chi connectivity index (χ1) is 29.4. The number of aryl methyl sites for hydroxylation is 1. The van der Waals surface area contributed by atoms with Crippen molar-refractivity contribution < 1.29 is 33.8 Å². The van der Waals surface area contributed by atoms with Crippen molar-refractivity contribution in [3.63, 3.8) is 0 Å². The summed E-state index contributed by atoms with van der Waals surface area (Å²) in [6.45, 7) is 15.0. The van der Waals surface area contributed by atoms with E-state index >= 15 is 0 Å². The number of benzene rings is 2. The lowest BCUT2D eigenvalue weighted by molar-refractivity contribution is -0.155. The minimum absolute atomic E-state index is 0.00504. The molecule has 7 atom stereocenters. The predicted octanol–water partition coefficient (Wildman–Crippen LogP) is 5.53. The number of hydrogen-bond acceptors (Lipinski definition) is 10. The van der Waals surface area contributed by atoms with Gasteiger partial charge in [-0.25, -0.2) is 5.43 Å². The largest absolute Gasteiger partial charge is 0.508 e. The summed E-state index contributed by atoms with van der Waals surface area (Å²) in [4.78, 5) is 62.5. The number of rotatable bonds is 9. The Bertz CT molecular complexity index is 2350. The number of nitrogens with zero attached hydrogens (tertiary/aromatic N) is 4. The van der Waals surface area contributed by atoms with Crippen molar-refractivity contribution >= 4 is 34.6 Å². The maximum Gasteiger partial charge on any atom is 0.324 e. The molecule has 0 radical (unpaired) electrons. The molecule has 1 aliphatic carbocycles. The number of esters is 1. The van der Waals surface area contributed by atoms with Crippen LogP contribution in [-0.2, 0) is 48.0 Å². The fourth-order valence-electron chi connectivity index (χ4n) is 9.50. The van der Waals surface area contributed by atoms with Crippen LogP contribution in [0.1, 0.15) is 84.2 Å². The number of phenolic OH excluding ortho intramolecular Hbond substituents is 1. The average molecular weight is 850 g/mol. The number of nitrogens with one attached hydrogen (secondary N) is 2. The van der Waals surface area contributed by atoms with Crippen LogP contribution in [0.15, 0.2) is 54.7 Å². The van der Waals surface area contributed by atoms with Crippen LogP contribution in [0, 0.1) is 23.2 Å². The summed E-state index contributed by atoms with van der Waals surface area (Å²) in [5, 5.41) is 16.7. The number of amides is 3. The fourth-order valence-corrected chi connectivity index (χ4v) is 9.50. The highest BCUT2D eigenvalue weighted by atomic mass is 16.5. The van der Waals surface area contributed by atoms with Crippen LogP contribution in [0.2, 0.25) is 0 Å². The van der Waals surface area contributed by atoms with E-state index in [2.05, 4.69) is 54.3 Å². The summed E-state index contributed by atoms with van der Waals surface area (Å²) in [5.41, 5.74) is 15.8. The first kappa shape index (κ1) is 44.7. The number of methoxy groups -OCH3 is 1. The number of ether oxygens (including phenoxy) is 2. The predicted molar refractivity (Wildman–Crippen MR) is 237 cm³/mol. The van der Waals surface area contributed by atoms with E-state index in [-0.39, 0.29) is 54.6 Å². The van der Waals surface area contributed by atoms with Crippen molar-refractivity contribution in [1.82, 2.24) is 30.2 Å². The molecule has 1 saturated carbocycles. The monoisotopic (exact) mass is 849 g/mol. The number of aromatic nitrogens is 2. The van der Waals surface area contributed by atoms with Gasteiger partial charge in [-0.1, -0.05) is 46.8 Å².